The number of rotatable bonds is 7. The van der Waals surface area contributed by atoms with Crippen LogP contribution in [0.1, 0.15) is 32.6 Å². The van der Waals surface area contributed by atoms with Gasteiger partial charge in [0.05, 0.1) is 19.2 Å². The first-order valence-corrected chi connectivity index (χ1v) is 7.02. The van der Waals surface area contributed by atoms with Crippen molar-refractivity contribution in [2.45, 2.75) is 44.4 Å². The summed E-state index contributed by atoms with van der Waals surface area (Å²) in [5.41, 5.74) is 11.1. The fraction of sp³-hybridized carbons (Fsp3) is 0.846. The van der Waals surface area contributed by atoms with Gasteiger partial charge in [-0.1, -0.05) is 13.3 Å². The number of aliphatic hydroxyl groups is 1. The van der Waals surface area contributed by atoms with Gasteiger partial charge >= 0.3 is 0 Å². The molecule has 1 fully saturated rings. The number of unbranched alkanes of at least 4 members (excludes halogenated alkanes) is 1. The van der Waals surface area contributed by atoms with Gasteiger partial charge in [-0.15, -0.1) is 0 Å². The average molecular weight is 287 g/mol. The van der Waals surface area contributed by atoms with Crippen LogP contribution in [-0.2, 0) is 14.3 Å². The van der Waals surface area contributed by atoms with E-state index in [1.165, 1.54) is 0 Å². The molecule has 0 aromatic carbocycles. The normalized spacial score (nSPS) is 28.2. The number of carbonyl (C=O) groups is 2. The van der Waals surface area contributed by atoms with Crippen LogP contribution in [0.5, 0.6) is 0 Å². The number of Topliss-reactive ketones (excluding diaryl/α,β-unsaturated/α-hetero) is 1. The van der Waals surface area contributed by atoms with Crippen LogP contribution in [0.4, 0.5) is 0 Å². The molecule has 7 nitrogen and oxygen atoms in total. The van der Waals surface area contributed by atoms with Crippen LogP contribution in [0.15, 0.2) is 0 Å². The van der Waals surface area contributed by atoms with Crippen LogP contribution in [0, 0.1) is 5.92 Å². The van der Waals surface area contributed by atoms with Crippen molar-refractivity contribution in [2.75, 3.05) is 19.7 Å². The first-order chi connectivity index (χ1) is 9.39. The van der Waals surface area contributed by atoms with Gasteiger partial charge in [0, 0.05) is 6.42 Å². The minimum Gasteiger partial charge on any atom is -0.358 e. The van der Waals surface area contributed by atoms with E-state index in [9.17, 15) is 14.7 Å². The summed E-state index contributed by atoms with van der Waals surface area (Å²) >= 11 is 0. The van der Waals surface area contributed by atoms with Gasteiger partial charge in [-0.3, -0.25) is 9.59 Å². The van der Waals surface area contributed by atoms with Crippen molar-refractivity contribution in [2.24, 2.45) is 17.4 Å². The molecule has 0 aromatic rings. The second-order valence-electron chi connectivity index (χ2n) is 5.44. The quantitative estimate of drug-likeness (QED) is 0.439. The molecule has 1 aliphatic heterocycles. The lowest BCUT2D eigenvalue weighted by atomic mass is 9.96. The van der Waals surface area contributed by atoms with E-state index in [4.69, 9.17) is 16.2 Å². The monoisotopic (exact) mass is 287 g/mol. The predicted molar refractivity (Wildman–Crippen MR) is 73.6 cm³/mol. The maximum atomic E-state index is 11.7. The predicted octanol–water partition coefficient (Wildman–Crippen LogP) is -1.13. The third-order valence-corrected chi connectivity index (χ3v) is 3.38. The molecule has 1 aliphatic rings. The Morgan fingerprint density at radius 2 is 2.30 bits per heavy atom. The molecule has 0 radical (unpaired) electrons. The zero-order valence-electron chi connectivity index (χ0n) is 11.9. The van der Waals surface area contributed by atoms with Gasteiger partial charge in [-0.25, -0.2) is 0 Å². The van der Waals surface area contributed by atoms with Crippen molar-refractivity contribution >= 4 is 11.7 Å². The van der Waals surface area contributed by atoms with Crippen LogP contribution in [0.2, 0.25) is 0 Å². The van der Waals surface area contributed by atoms with Gasteiger partial charge < -0.3 is 26.6 Å². The second kappa shape index (κ2) is 7.68. The number of ketones is 1. The van der Waals surface area contributed by atoms with E-state index in [2.05, 4.69) is 5.32 Å². The number of ether oxygens (including phenoxy) is 1. The first-order valence-electron chi connectivity index (χ1n) is 7.02. The highest BCUT2D eigenvalue weighted by Crippen LogP contribution is 2.21. The summed E-state index contributed by atoms with van der Waals surface area (Å²) in [6, 6.07) is -0.664. The topological polar surface area (TPSA) is 128 Å². The number of hydrogen-bond donors (Lipinski definition) is 4. The Morgan fingerprint density at radius 3 is 2.90 bits per heavy atom. The Hall–Kier alpha value is -1.02. The lowest BCUT2D eigenvalue weighted by Gasteiger charge is -2.33. The zero-order chi connectivity index (χ0) is 15.2. The van der Waals surface area contributed by atoms with E-state index in [1.54, 1.807) is 0 Å². The van der Waals surface area contributed by atoms with E-state index in [0.717, 1.165) is 12.8 Å². The summed E-state index contributed by atoms with van der Waals surface area (Å²) in [6.45, 7) is 2.46. The van der Waals surface area contributed by atoms with Gasteiger partial charge in [0.15, 0.2) is 5.78 Å². The van der Waals surface area contributed by atoms with Crippen molar-refractivity contribution in [1.29, 1.82) is 0 Å². The molecule has 0 spiro atoms. The molecule has 1 saturated heterocycles. The van der Waals surface area contributed by atoms with Gasteiger partial charge in [0.1, 0.15) is 0 Å². The molecule has 1 heterocycles. The van der Waals surface area contributed by atoms with Crippen LogP contribution in [0.25, 0.3) is 0 Å². The molecule has 0 saturated carbocycles. The molecular formula is C13H25N3O4. The number of nitrogens with one attached hydrogen (secondary N) is 1. The van der Waals surface area contributed by atoms with Crippen molar-refractivity contribution in [3.05, 3.63) is 0 Å². The number of carbonyl (C=O) groups excluding carboxylic acids is 2. The standard InChI is InChI=1S/C13H25N3O4/c1-9-6-11(17)13(19,20-7-9)8-16-12(18)10(15)4-2-3-5-14/h9-10,19H,2-8,14-15H2,1H3,(H,16,18)/t9?,10-,13?/m0/s1. The summed E-state index contributed by atoms with van der Waals surface area (Å²) in [6.07, 6.45) is 2.34. The van der Waals surface area contributed by atoms with Gasteiger partial charge in [0.2, 0.25) is 11.7 Å². The molecule has 116 valence electrons. The maximum absolute atomic E-state index is 11.7. The van der Waals surface area contributed by atoms with E-state index >= 15 is 0 Å². The van der Waals surface area contributed by atoms with Crippen molar-refractivity contribution < 1.29 is 19.4 Å². The molecule has 2 unspecified atom stereocenters. The Morgan fingerprint density at radius 1 is 1.60 bits per heavy atom. The van der Waals surface area contributed by atoms with Gasteiger partial charge in [0.25, 0.3) is 0 Å². The van der Waals surface area contributed by atoms with Gasteiger partial charge in [-0.05, 0) is 25.3 Å². The smallest absolute Gasteiger partial charge is 0.244 e. The summed E-state index contributed by atoms with van der Waals surface area (Å²) in [4.78, 5) is 23.5. The molecule has 0 aromatic heterocycles. The molecule has 20 heavy (non-hydrogen) atoms. The Labute approximate surface area is 119 Å². The van der Waals surface area contributed by atoms with Crippen LogP contribution >= 0.6 is 0 Å². The minimum absolute atomic E-state index is 0.0806. The van der Waals surface area contributed by atoms with E-state index < -0.39 is 23.5 Å². The highest BCUT2D eigenvalue weighted by Gasteiger charge is 2.41. The maximum Gasteiger partial charge on any atom is 0.244 e. The molecular weight excluding hydrogens is 262 g/mol. The molecule has 1 amide bonds. The lowest BCUT2D eigenvalue weighted by Crippen LogP contribution is -2.56. The molecule has 1 rings (SSSR count). The van der Waals surface area contributed by atoms with Crippen LogP contribution in [0.3, 0.4) is 0 Å². The van der Waals surface area contributed by atoms with E-state index in [-0.39, 0.29) is 18.9 Å². The highest BCUT2D eigenvalue weighted by atomic mass is 16.6. The minimum atomic E-state index is -1.92. The van der Waals surface area contributed by atoms with Crippen molar-refractivity contribution in [3.8, 4) is 0 Å². The largest absolute Gasteiger partial charge is 0.358 e. The van der Waals surface area contributed by atoms with Crippen LogP contribution < -0.4 is 16.8 Å². The first kappa shape index (κ1) is 17.0. The van der Waals surface area contributed by atoms with E-state index in [1.807, 2.05) is 6.92 Å². The highest BCUT2D eigenvalue weighted by molar-refractivity contribution is 5.88. The van der Waals surface area contributed by atoms with Crippen molar-refractivity contribution in [1.82, 2.24) is 5.32 Å². The number of hydrogen-bond acceptors (Lipinski definition) is 6. The zero-order valence-corrected chi connectivity index (χ0v) is 11.9. The molecule has 0 aliphatic carbocycles. The Bertz CT molecular complexity index is 351. The molecule has 6 N–H and O–H groups in total. The SMILES string of the molecule is CC1COC(O)(CNC(=O)[C@@H](N)CCCCN)C(=O)C1. The Kier molecular flexibility index (Phi) is 6.54. The van der Waals surface area contributed by atoms with Crippen LogP contribution in [-0.4, -0.2) is 48.3 Å². The summed E-state index contributed by atoms with van der Waals surface area (Å²) in [7, 11) is 0. The number of amides is 1. The fourth-order valence-electron chi connectivity index (χ4n) is 2.02. The lowest BCUT2D eigenvalue weighted by molar-refractivity contribution is -0.219. The summed E-state index contributed by atoms with van der Waals surface area (Å²) < 4.78 is 5.15. The molecule has 0 bridgehead atoms. The summed E-state index contributed by atoms with van der Waals surface area (Å²) in [5, 5.41) is 12.5. The van der Waals surface area contributed by atoms with Gasteiger partial charge in [-0.2, -0.15) is 0 Å². The van der Waals surface area contributed by atoms with E-state index in [0.29, 0.717) is 19.6 Å². The third-order valence-electron chi connectivity index (χ3n) is 3.38. The Balaban J connectivity index is 2.37. The third kappa shape index (κ3) is 4.82. The molecule has 3 atom stereocenters. The molecule has 7 heteroatoms. The summed E-state index contributed by atoms with van der Waals surface area (Å²) in [5.74, 6) is -2.64. The second-order valence-corrected chi connectivity index (χ2v) is 5.44. The average Bonchev–Trinajstić information content (AvgIpc) is 2.41. The number of nitrogens with two attached hydrogens (primary N) is 2. The van der Waals surface area contributed by atoms with Crippen molar-refractivity contribution in [3.63, 3.8) is 0 Å². The fourth-order valence-corrected chi connectivity index (χ4v) is 2.02.